The molecule has 1 aromatic heterocycles. The molecule has 0 saturated heterocycles. The van der Waals surface area contributed by atoms with Crippen molar-refractivity contribution in [2.75, 3.05) is 12.4 Å². The quantitative estimate of drug-likeness (QED) is 0.843. The maximum atomic E-state index is 5.84. The van der Waals surface area contributed by atoms with Crippen LogP contribution in [0.3, 0.4) is 0 Å². The van der Waals surface area contributed by atoms with Crippen molar-refractivity contribution >= 4 is 27.5 Å². The van der Waals surface area contributed by atoms with Crippen LogP contribution in [0.15, 0.2) is 22.9 Å². The van der Waals surface area contributed by atoms with Gasteiger partial charge in [-0.2, -0.15) is 0 Å². The van der Waals surface area contributed by atoms with E-state index < -0.39 is 0 Å². The molecule has 0 aliphatic carbocycles. The molecule has 1 rings (SSSR count). The first-order chi connectivity index (χ1) is 7.03. The van der Waals surface area contributed by atoms with E-state index in [2.05, 4.69) is 46.1 Å². The van der Waals surface area contributed by atoms with Crippen LogP contribution in [0.1, 0.15) is 19.4 Å². The second kappa shape index (κ2) is 5.83. The van der Waals surface area contributed by atoms with E-state index in [-0.39, 0.29) is 5.41 Å². The van der Waals surface area contributed by atoms with Crippen molar-refractivity contribution in [1.82, 2.24) is 10.3 Å². The van der Waals surface area contributed by atoms with Crippen LogP contribution < -0.4 is 5.32 Å². The normalized spacial score (nSPS) is 11.7. The number of pyridine rings is 1. The van der Waals surface area contributed by atoms with E-state index in [0.29, 0.717) is 5.88 Å². The molecular weight excluding hydrogens is 275 g/mol. The van der Waals surface area contributed by atoms with Crippen LogP contribution >= 0.6 is 27.5 Å². The average molecular weight is 292 g/mol. The highest BCUT2D eigenvalue weighted by atomic mass is 79.9. The first kappa shape index (κ1) is 12.9. The van der Waals surface area contributed by atoms with E-state index in [4.69, 9.17) is 11.6 Å². The summed E-state index contributed by atoms with van der Waals surface area (Å²) in [5, 5.41) is 3.37. The molecule has 0 aliphatic heterocycles. The summed E-state index contributed by atoms with van der Waals surface area (Å²) in [5.74, 6) is 0.663. The van der Waals surface area contributed by atoms with Crippen molar-refractivity contribution in [2.45, 2.75) is 20.4 Å². The number of alkyl halides is 1. The molecule has 0 amide bonds. The summed E-state index contributed by atoms with van der Waals surface area (Å²) < 4.78 is 1.01. The molecule has 84 valence electrons. The van der Waals surface area contributed by atoms with Crippen LogP contribution in [-0.2, 0) is 6.54 Å². The smallest absolute Gasteiger partial charge is 0.0410 e. The minimum Gasteiger partial charge on any atom is -0.312 e. The van der Waals surface area contributed by atoms with Crippen molar-refractivity contribution in [3.05, 3.63) is 28.5 Å². The highest BCUT2D eigenvalue weighted by Gasteiger charge is 2.15. The summed E-state index contributed by atoms with van der Waals surface area (Å²) in [4.78, 5) is 4.11. The molecule has 15 heavy (non-hydrogen) atoms. The van der Waals surface area contributed by atoms with Gasteiger partial charge in [0.15, 0.2) is 0 Å². The Morgan fingerprint density at radius 1 is 1.47 bits per heavy atom. The fraction of sp³-hybridized carbons (Fsp3) is 0.545. The largest absolute Gasteiger partial charge is 0.312 e. The number of hydrogen-bond donors (Lipinski definition) is 1. The maximum Gasteiger partial charge on any atom is 0.0410 e. The predicted octanol–water partition coefficient (Wildman–Crippen LogP) is 3.20. The van der Waals surface area contributed by atoms with Gasteiger partial charge >= 0.3 is 0 Å². The van der Waals surface area contributed by atoms with Crippen LogP contribution in [-0.4, -0.2) is 17.4 Å². The molecule has 0 atom stereocenters. The Hall–Kier alpha value is -0.120. The molecule has 1 N–H and O–H groups in total. The third-order valence-electron chi connectivity index (χ3n) is 2.06. The van der Waals surface area contributed by atoms with E-state index in [1.54, 1.807) is 6.20 Å². The highest BCUT2D eigenvalue weighted by molar-refractivity contribution is 9.10. The van der Waals surface area contributed by atoms with Gasteiger partial charge in [-0.25, -0.2) is 0 Å². The number of halogens is 2. The number of nitrogens with one attached hydrogen (secondary N) is 1. The van der Waals surface area contributed by atoms with Crippen molar-refractivity contribution in [3.63, 3.8) is 0 Å². The van der Waals surface area contributed by atoms with Crippen molar-refractivity contribution in [1.29, 1.82) is 0 Å². The van der Waals surface area contributed by atoms with E-state index in [1.165, 1.54) is 5.56 Å². The average Bonchev–Trinajstić information content (AvgIpc) is 2.18. The number of rotatable bonds is 5. The summed E-state index contributed by atoms with van der Waals surface area (Å²) in [6.07, 6.45) is 3.65. The third-order valence-corrected chi connectivity index (χ3v) is 3.21. The lowest BCUT2D eigenvalue weighted by Crippen LogP contribution is -2.30. The molecule has 0 spiro atoms. The molecule has 0 bridgehead atoms. The second-order valence-corrected chi connectivity index (χ2v) is 5.60. The van der Waals surface area contributed by atoms with Crippen LogP contribution in [0.5, 0.6) is 0 Å². The third kappa shape index (κ3) is 4.96. The minimum atomic E-state index is 0.140. The Morgan fingerprint density at radius 2 is 2.20 bits per heavy atom. The topological polar surface area (TPSA) is 24.9 Å². The zero-order valence-corrected chi connectivity index (χ0v) is 11.4. The van der Waals surface area contributed by atoms with Gasteiger partial charge in [0.2, 0.25) is 0 Å². The molecule has 4 heteroatoms. The van der Waals surface area contributed by atoms with Crippen LogP contribution in [0.25, 0.3) is 0 Å². The van der Waals surface area contributed by atoms with Crippen LogP contribution in [0.4, 0.5) is 0 Å². The van der Waals surface area contributed by atoms with Gasteiger partial charge in [-0.05, 0) is 33.0 Å². The van der Waals surface area contributed by atoms with E-state index in [9.17, 15) is 0 Å². The molecule has 0 aromatic carbocycles. The lowest BCUT2D eigenvalue weighted by molar-refractivity contribution is 0.385. The standard InChI is InChI=1S/C11H16BrClN2/c1-11(2,7-13)8-15-5-9-3-10(12)6-14-4-9/h3-4,6,15H,5,7-8H2,1-2H3. The number of aromatic nitrogens is 1. The Balaban J connectivity index is 2.38. The summed E-state index contributed by atoms with van der Waals surface area (Å²) in [7, 11) is 0. The summed E-state index contributed by atoms with van der Waals surface area (Å²) >= 11 is 9.24. The van der Waals surface area contributed by atoms with E-state index >= 15 is 0 Å². The highest BCUT2D eigenvalue weighted by Crippen LogP contribution is 2.15. The minimum absolute atomic E-state index is 0.140. The van der Waals surface area contributed by atoms with E-state index in [0.717, 1.165) is 17.6 Å². The lowest BCUT2D eigenvalue weighted by atomic mass is 9.96. The van der Waals surface area contributed by atoms with Gasteiger partial charge in [-0.1, -0.05) is 13.8 Å². The van der Waals surface area contributed by atoms with Gasteiger partial charge in [0.25, 0.3) is 0 Å². The summed E-state index contributed by atoms with van der Waals surface area (Å²) in [6, 6.07) is 2.06. The first-order valence-corrected chi connectivity index (χ1v) is 6.22. The molecule has 2 nitrogen and oxygen atoms in total. The van der Waals surface area contributed by atoms with Gasteiger partial charge in [-0.3, -0.25) is 4.98 Å². The Bertz CT molecular complexity index is 315. The van der Waals surface area contributed by atoms with Gasteiger partial charge in [0.1, 0.15) is 0 Å². The molecule has 0 unspecified atom stereocenters. The first-order valence-electron chi connectivity index (χ1n) is 4.90. The number of nitrogens with zero attached hydrogens (tertiary/aromatic N) is 1. The number of hydrogen-bond acceptors (Lipinski definition) is 2. The second-order valence-electron chi connectivity index (χ2n) is 4.41. The molecule has 0 aliphatic rings. The van der Waals surface area contributed by atoms with Gasteiger partial charge < -0.3 is 5.32 Å². The van der Waals surface area contributed by atoms with Crippen molar-refractivity contribution in [3.8, 4) is 0 Å². The molecule has 0 saturated carbocycles. The Morgan fingerprint density at radius 3 is 2.80 bits per heavy atom. The summed E-state index contributed by atoms with van der Waals surface area (Å²) in [5.41, 5.74) is 1.32. The predicted molar refractivity (Wildman–Crippen MR) is 68.1 cm³/mol. The molecule has 0 fully saturated rings. The van der Waals surface area contributed by atoms with Crippen LogP contribution in [0, 0.1) is 5.41 Å². The van der Waals surface area contributed by atoms with Crippen molar-refractivity contribution in [2.24, 2.45) is 5.41 Å². The molecular formula is C11H16BrClN2. The van der Waals surface area contributed by atoms with Gasteiger partial charge in [0.05, 0.1) is 0 Å². The van der Waals surface area contributed by atoms with Gasteiger partial charge in [0, 0.05) is 35.8 Å². The fourth-order valence-corrected chi connectivity index (χ4v) is 1.65. The lowest BCUT2D eigenvalue weighted by Gasteiger charge is -2.21. The Labute approximate surface area is 105 Å². The maximum absolute atomic E-state index is 5.84. The zero-order chi connectivity index (χ0) is 11.3. The van der Waals surface area contributed by atoms with Crippen LogP contribution in [0.2, 0.25) is 0 Å². The molecule has 1 aromatic rings. The molecule has 0 radical (unpaired) electrons. The fourth-order valence-electron chi connectivity index (χ4n) is 1.15. The van der Waals surface area contributed by atoms with Crippen molar-refractivity contribution < 1.29 is 0 Å². The molecule has 1 heterocycles. The summed E-state index contributed by atoms with van der Waals surface area (Å²) in [6.45, 7) is 6.02. The zero-order valence-electron chi connectivity index (χ0n) is 9.06. The Kier molecular flexibility index (Phi) is 5.03. The monoisotopic (exact) mass is 290 g/mol. The SMILES string of the molecule is CC(C)(CCl)CNCc1cncc(Br)c1. The van der Waals surface area contributed by atoms with Gasteiger partial charge in [-0.15, -0.1) is 11.6 Å². The van der Waals surface area contributed by atoms with E-state index in [1.807, 2.05) is 6.20 Å².